The van der Waals surface area contributed by atoms with Gasteiger partial charge in [0.15, 0.2) is 0 Å². The number of carbonyl (C=O) groups is 1. The Bertz CT molecular complexity index is 656. The highest BCUT2D eigenvalue weighted by atomic mass is 32.1. The van der Waals surface area contributed by atoms with Gasteiger partial charge in [0.2, 0.25) is 0 Å². The molecule has 5 heteroatoms. The number of hydrogen-bond acceptors (Lipinski definition) is 4. The normalized spacial score (nSPS) is 11.3. The van der Waals surface area contributed by atoms with Crippen LogP contribution in [-0.4, -0.2) is 17.4 Å². The number of amides is 1. The van der Waals surface area contributed by atoms with Gasteiger partial charge in [0.25, 0.3) is 5.91 Å². The maximum Gasteiger partial charge on any atom is 0.253 e. The van der Waals surface area contributed by atoms with Crippen molar-refractivity contribution in [2.45, 2.75) is 19.4 Å². The second-order valence-electron chi connectivity index (χ2n) is 4.36. The summed E-state index contributed by atoms with van der Waals surface area (Å²) in [6.07, 6.45) is 2.53. The molecule has 0 bridgehead atoms. The minimum Gasteiger partial charge on any atom is -0.343 e. The van der Waals surface area contributed by atoms with Crippen LogP contribution in [0.2, 0.25) is 0 Å². The van der Waals surface area contributed by atoms with Crippen LogP contribution in [0.4, 0.5) is 0 Å². The van der Waals surface area contributed by atoms with Crippen molar-refractivity contribution >= 4 is 17.2 Å². The minimum absolute atomic E-state index is 0.0759. The Kier molecular flexibility index (Phi) is 5.50. The van der Waals surface area contributed by atoms with E-state index in [0.29, 0.717) is 11.1 Å². The van der Waals surface area contributed by atoms with Gasteiger partial charge in [-0.1, -0.05) is 30.9 Å². The zero-order chi connectivity index (χ0) is 15.1. The summed E-state index contributed by atoms with van der Waals surface area (Å²) >= 11 is 1.54. The van der Waals surface area contributed by atoms with Crippen molar-refractivity contribution in [2.24, 2.45) is 5.73 Å². The van der Waals surface area contributed by atoms with Gasteiger partial charge in [-0.2, -0.15) is 0 Å². The van der Waals surface area contributed by atoms with Crippen LogP contribution in [0.3, 0.4) is 0 Å². The monoisotopic (exact) mass is 299 g/mol. The minimum atomic E-state index is -0.140. The molecule has 1 heterocycles. The summed E-state index contributed by atoms with van der Waals surface area (Å²) in [4.78, 5) is 16.7. The Hall–Kier alpha value is -2.16. The van der Waals surface area contributed by atoms with E-state index in [1.54, 1.807) is 23.6 Å². The predicted molar refractivity (Wildman–Crippen MR) is 85.0 cm³/mol. The van der Waals surface area contributed by atoms with Crippen molar-refractivity contribution in [1.29, 1.82) is 0 Å². The first-order valence-electron chi connectivity index (χ1n) is 6.74. The summed E-state index contributed by atoms with van der Waals surface area (Å²) in [6, 6.07) is 7.20. The van der Waals surface area contributed by atoms with E-state index in [0.717, 1.165) is 11.4 Å². The fraction of sp³-hybridized carbons (Fsp3) is 0.250. The Morgan fingerprint density at radius 2 is 2.29 bits per heavy atom. The fourth-order valence-corrected chi connectivity index (χ4v) is 2.69. The van der Waals surface area contributed by atoms with Gasteiger partial charge in [0, 0.05) is 17.1 Å². The Balaban J connectivity index is 2.20. The number of nitrogens with two attached hydrogens (primary N) is 1. The highest BCUT2D eigenvalue weighted by Crippen LogP contribution is 2.19. The van der Waals surface area contributed by atoms with E-state index in [1.165, 1.54) is 0 Å². The van der Waals surface area contributed by atoms with Gasteiger partial charge < -0.3 is 11.1 Å². The molecule has 1 aromatic heterocycles. The molecule has 2 rings (SSSR count). The van der Waals surface area contributed by atoms with Gasteiger partial charge >= 0.3 is 0 Å². The molecule has 108 valence electrons. The number of nitrogens with one attached hydrogen (secondary N) is 1. The largest absolute Gasteiger partial charge is 0.343 e. The number of rotatable bonds is 4. The number of thiazole rings is 1. The van der Waals surface area contributed by atoms with Crippen LogP contribution in [-0.2, 0) is 0 Å². The quantitative estimate of drug-likeness (QED) is 0.851. The summed E-state index contributed by atoms with van der Waals surface area (Å²) in [5.74, 6) is 5.57. The van der Waals surface area contributed by atoms with Crippen LogP contribution in [0.5, 0.6) is 0 Å². The molecule has 0 saturated heterocycles. The highest BCUT2D eigenvalue weighted by molar-refractivity contribution is 7.09. The molecule has 1 amide bonds. The van der Waals surface area contributed by atoms with Crippen LogP contribution in [0.1, 0.15) is 40.3 Å². The molecule has 0 aliphatic rings. The third-order valence-corrected chi connectivity index (χ3v) is 3.85. The van der Waals surface area contributed by atoms with Crippen molar-refractivity contribution < 1.29 is 4.79 Å². The van der Waals surface area contributed by atoms with Crippen molar-refractivity contribution in [2.75, 3.05) is 6.54 Å². The number of benzene rings is 1. The Morgan fingerprint density at radius 1 is 1.48 bits per heavy atom. The van der Waals surface area contributed by atoms with Crippen molar-refractivity contribution in [3.05, 3.63) is 52.0 Å². The Morgan fingerprint density at radius 3 is 2.95 bits per heavy atom. The zero-order valence-corrected chi connectivity index (χ0v) is 12.6. The lowest BCUT2D eigenvalue weighted by Crippen LogP contribution is -2.28. The molecule has 1 unspecified atom stereocenters. The third-order valence-electron chi connectivity index (χ3n) is 2.96. The molecule has 21 heavy (non-hydrogen) atoms. The van der Waals surface area contributed by atoms with Crippen LogP contribution in [0, 0.1) is 11.8 Å². The van der Waals surface area contributed by atoms with E-state index >= 15 is 0 Å². The molecule has 0 saturated carbocycles. The third kappa shape index (κ3) is 3.91. The van der Waals surface area contributed by atoms with Crippen LogP contribution in [0.25, 0.3) is 0 Å². The average molecular weight is 299 g/mol. The summed E-state index contributed by atoms with van der Waals surface area (Å²) < 4.78 is 0. The molecular formula is C16H17N3OS. The molecular weight excluding hydrogens is 282 g/mol. The van der Waals surface area contributed by atoms with Gasteiger partial charge in [-0.3, -0.25) is 4.79 Å². The van der Waals surface area contributed by atoms with Crippen molar-refractivity contribution in [1.82, 2.24) is 10.3 Å². The Labute approximate surface area is 128 Å². The topological polar surface area (TPSA) is 68.0 Å². The van der Waals surface area contributed by atoms with Gasteiger partial charge in [-0.25, -0.2) is 4.98 Å². The second-order valence-corrected chi connectivity index (χ2v) is 5.28. The fourth-order valence-electron chi connectivity index (χ4n) is 1.92. The summed E-state index contributed by atoms with van der Waals surface area (Å²) in [5, 5.41) is 5.83. The van der Waals surface area contributed by atoms with E-state index < -0.39 is 0 Å². The van der Waals surface area contributed by atoms with E-state index in [9.17, 15) is 4.79 Å². The van der Waals surface area contributed by atoms with E-state index in [2.05, 4.69) is 22.1 Å². The lowest BCUT2D eigenvalue weighted by molar-refractivity contribution is 0.0935. The molecule has 0 aliphatic carbocycles. The number of hydrogen-bond donors (Lipinski definition) is 2. The number of nitrogens with zero attached hydrogens (tertiary/aromatic N) is 1. The molecule has 0 fully saturated rings. The predicted octanol–water partition coefficient (Wildman–Crippen LogP) is 2.33. The molecule has 1 atom stereocenters. The number of carbonyl (C=O) groups excluding carboxylic acids is 1. The van der Waals surface area contributed by atoms with E-state index in [1.807, 2.05) is 30.5 Å². The first-order chi connectivity index (χ1) is 10.3. The van der Waals surface area contributed by atoms with Crippen LogP contribution >= 0.6 is 11.3 Å². The summed E-state index contributed by atoms with van der Waals surface area (Å²) in [5.41, 5.74) is 6.64. The van der Waals surface area contributed by atoms with Gasteiger partial charge in [0.05, 0.1) is 18.2 Å². The van der Waals surface area contributed by atoms with Crippen LogP contribution in [0.15, 0.2) is 35.8 Å². The second kappa shape index (κ2) is 7.58. The zero-order valence-electron chi connectivity index (χ0n) is 11.8. The standard InChI is InChI=1S/C16H17N3OS/c1-2-14(16-18-10-11-21-16)19-15(20)13-8-4-3-6-12(13)7-5-9-17/h3-4,6,8,10-11,14H,2,9,17H2,1H3,(H,19,20). The van der Waals surface area contributed by atoms with E-state index in [4.69, 9.17) is 5.73 Å². The molecule has 3 N–H and O–H groups in total. The van der Waals surface area contributed by atoms with Gasteiger partial charge in [-0.05, 0) is 18.6 Å². The summed E-state index contributed by atoms with van der Waals surface area (Å²) in [7, 11) is 0. The van der Waals surface area contributed by atoms with Crippen LogP contribution < -0.4 is 11.1 Å². The molecule has 2 aromatic rings. The first kappa shape index (κ1) is 15.2. The smallest absolute Gasteiger partial charge is 0.253 e. The lowest BCUT2D eigenvalue weighted by atomic mass is 10.1. The van der Waals surface area contributed by atoms with Crippen molar-refractivity contribution in [3.63, 3.8) is 0 Å². The maximum atomic E-state index is 12.5. The molecule has 0 spiro atoms. The molecule has 4 nitrogen and oxygen atoms in total. The molecule has 1 aromatic carbocycles. The van der Waals surface area contributed by atoms with Gasteiger partial charge in [0.1, 0.15) is 5.01 Å². The molecule has 0 radical (unpaired) electrons. The average Bonchev–Trinajstić information content (AvgIpc) is 3.04. The lowest BCUT2D eigenvalue weighted by Gasteiger charge is -2.15. The SMILES string of the molecule is CCC(NC(=O)c1ccccc1C#CCN)c1nccs1. The molecule has 0 aliphatic heterocycles. The number of aromatic nitrogens is 1. The highest BCUT2D eigenvalue weighted by Gasteiger charge is 2.17. The summed E-state index contributed by atoms with van der Waals surface area (Å²) in [6.45, 7) is 2.29. The van der Waals surface area contributed by atoms with Gasteiger partial charge in [-0.15, -0.1) is 11.3 Å². The first-order valence-corrected chi connectivity index (χ1v) is 7.62. The van der Waals surface area contributed by atoms with E-state index in [-0.39, 0.29) is 18.5 Å². The maximum absolute atomic E-state index is 12.5. The van der Waals surface area contributed by atoms with Crippen molar-refractivity contribution in [3.8, 4) is 11.8 Å².